The lowest BCUT2D eigenvalue weighted by Crippen LogP contribution is -2.20. The molecule has 27 heavy (non-hydrogen) atoms. The molecule has 0 atom stereocenters. The van der Waals surface area contributed by atoms with Crippen LogP contribution in [0.3, 0.4) is 0 Å². The van der Waals surface area contributed by atoms with Crippen molar-refractivity contribution in [2.45, 2.75) is 26.3 Å². The molecule has 0 radical (unpaired) electrons. The Hall–Kier alpha value is -3.41. The van der Waals surface area contributed by atoms with Gasteiger partial charge in [0.05, 0.1) is 0 Å². The lowest BCUT2D eigenvalue weighted by molar-refractivity contribution is -0.117. The second-order valence-corrected chi connectivity index (χ2v) is 5.95. The highest BCUT2D eigenvalue weighted by Gasteiger charge is 2.08. The third-order valence-electron chi connectivity index (χ3n) is 3.75. The van der Waals surface area contributed by atoms with Crippen LogP contribution >= 0.6 is 0 Å². The maximum atomic E-state index is 12.4. The Morgan fingerprint density at radius 3 is 2.30 bits per heavy atom. The van der Waals surface area contributed by atoms with Crippen LogP contribution in [0.15, 0.2) is 61.2 Å². The standard InChI is InChI=1S/C21H23N3O3/c1-3-6-20(26)23-17-7-5-8-18(13-17)24-21(27)16-11-9-15(10-12-16)14-22-19(25)4-2/h4-5,7-13H,2-3,6,14H2,1H3,(H,22,25)(H,23,26)(H,24,27). The molecule has 0 fully saturated rings. The molecule has 0 saturated heterocycles. The van der Waals surface area contributed by atoms with Crippen LogP contribution < -0.4 is 16.0 Å². The largest absolute Gasteiger partial charge is 0.348 e. The minimum Gasteiger partial charge on any atom is -0.348 e. The van der Waals surface area contributed by atoms with Gasteiger partial charge >= 0.3 is 0 Å². The molecule has 6 heteroatoms. The molecule has 0 aromatic heterocycles. The molecule has 0 aliphatic heterocycles. The Balaban J connectivity index is 1.97. The van der Waals surface area contributed by atoms with Crippen molar-refractivity contribution >= 4 is 29.1 Å². The van der Waals surface area contributed by atoms with Crippen molar-refractivity contribution in [3.63, 3.8) is 0 Å². The van der Waals surface area contributed by atoms with E-state index in [4.69, 9.17) is 0 Å². The molecule has 0 saturated carbocycles. The molecule has 140 valence electrons. The summed E-state index contributed by atoms with van der Waals surface area (Å²) in [6, 6.07) is 13.9. The van der Waals surface area contributed by atoms with Crippen LogP contribution in [0, 0.1) is 0 Å². The van der Waals surface area contributed by atoms with Gasteiger partial charge in [0, 0.05) is 29.9 Å². The van der Waals surface area contributed by atoms with Crippen molar-refractivity contribution in [1.29, 1.82) is 0 Å². The number of hydrogen-bond acceptors (Lipinski definition) is 3. The Morgan fingerprint density at radius 1 is 1.00 bits per heavy atom. The van der Waals surface area contributed by atoms with Gasteiger partial charge in [0.1, 0.15) is 0 Å². The maximum Gasteiger partial charge on any atom is 0.255 e. The Kier molecular flexibility index (Phi) is 7.31. The van der Waals surface area contributed by atoms with Crippen LogP contribution in [0.5, 0.6) is 0 Å². The van der Waals surface area contributed by atoms with Crippen LogP contribution in [0.4, 0.5) is 11.4 Å². The summed E-state index contributed by atoms with van der Waals surface area (Å²) < 4.78 is 0. The van der Waals surface area contributed by atoms with Crippen molar-refractivity contribution < 1.29 is 14.4 Å². The van der Waals surface area contributed by atoms with Gasteiger partial charge in [-0.2, -0.15) is 0 Å². The zero-order chi connectivity index (χ0) is 19.6. The van der Waals surface area contributed by atoms with E-state index in [1.54, 1.807) is 48.5 Å². The Bertz CT molecular complexity index is 829. The fourth-order valence-corrected chi connectivity index (χ4v) is 2.36. The number of carbonyl (C=O) groups excluding carboxylic acids is 3. The van der Waals surface area contributed by atoms with Crippen molar-refractivity contribution in [3.05, 3.63) is 72.3 Å². The van der Waals surface area contributed by atoms with Gasteiger partial charge in [0.2, 0.25) is 11.8 Å². The van der Waals surface area contributed by atoms with Gasteiger partial charge in [-0.25, -0.2) is 0 Å². The second-order valence-electron chi connectivity index (χ2n) is 5.95. The van der Waals surface area contributed by atoms with Crippen molar-refractivity contribution in [1.82, 2.24) is 5.32 Å². The van der Waals surface area contributed by atoms with E-state index in [2.05, 4.69) is 22.5 Å². The molecule has 2 aromatic rings. The quantitative estimate of drug-likeness (QED) is 0.626. The van der Waals surface area contributed by atoms with Crippen molar-refractivity contribution in [2.24, 2.45) is 0 Å². The lowest BCUT2D eigenvalue weighted by Gasteiger charge is -2.09. The van der Waals surface area contributed by atoms with E-state index in [1.165, 1.54) is 6.08 Å². The van der Waals surface area contributed by atoms with Gasteiger partial charge < -0.3 is 16.0 Å². The SMILES string of the molecule is C=CC(=O)NCc1ccc(C(=O)Nc2cccc(NC(=O)CCC)c2)cc1. The monoisotopic (exact) mass is 365 g/mol. The average Bonchev–Trinajstić information content (AvgIpc) is 2.67. The second kappa shape index (κ2) is 9.91. The number of anilines is 2. The molecule has 0 spiro atoms. The van der Waals surface area contributed by atoms with Gasteiger partial charge in [-0.1, -0.05) is 31.7 Å². The molecule has 0 bridgehead atoms. The number of rotatable bonds is 8. The molecule has 0 heterocycles. The molecule has 0 aliphatic carbocycles. The van der Waals surface area contributed by atoms with E-state index < -0.39 is 0 Å². The highest BCUT2D eigenvalue weighted by atomic mass is 16.2. The summed E-state index contributed by atoms with van der Waals surface area (Å²) in [7, 11) is 0. The van der Waals surface area contributed by atoms with Crippen molar-refractivity contribution in [3.8, 4) is 0 Å². The summed E-state index contributed by atoms with van der Waals surface area (Å²) in [6.07, 6.45) is 2.44. The zero-order valence-corrected chi connectivity index (χ0v) is 15.2. The molecule has 0 aliphatic rings. The molecule has 0 unspecified atom stereocenters. The number of carbonyl (C=O) groups is 3. The number of amides is 3. The van der Waals surface area contributed by atoms with E-state index in [9.17, 15) is 14.4 Å². The normalized spacial score (nSPS) is 9.96. The number of benzene rings is 2. The lowest BCUT2D eigenvalue weighted by atomic mass is 10.1. The zero-order valence-electron chi connectivity index (χ0n) is 15.2. The van der Waals surface area contributed by atoms with E-state index in [1.807, 2.05) is 6.92 Å². The Labute approximate surface area is 158 Å². The summed E-state index contributed by atoms with van der Waals surface area (Å²) in [5, 5.41) is 8.29. The first-order valence-corrected chi connectivity index (χ1v) is 8.72. The Morgan fingerprint density at radius 2 is 1.67 bits per heavy atom. The maximum absolute atomic E-state index is 12.4. The van der Waals surface area contributed by atoms with E-state index >= 15 is 0 Å². The molecule has 6 nitrogen and oxygen atoms in total. The number of nitrogens with one attached hydrogen (secondary N) is 3. The molecule has 3 amide bonds. The fraction of sp³-hybridized carbons (Fsp3) is 0.190. The summed E-state index contributed by atoms with van der Waals surface area (Å²) in [4.78, 5) is 35.3. The van der Waals surface area contributed by atoms with E-state index in [0.29, 0.717) is 29.9 Å². The van der Waals surface area contributed by atoms with Gasteiger partial charge in [0.25, 0.3) is 5.91 Å². The number of hydrogen-bond donors (Lipinski definition) is 3. The molecule has 3 N–H and O–H groups in total. The minimum atomic E-state index is -0.256. The first-order chi connectivity index (χ1) is 13.0. The highest BCUT2D eigenvalue weighted by Crippen LogP contribution is 2.17. The van der Waals surface area contributed by atoms with Gasteiger partial charge in [0.15, 0.2) is 0 Å². The van der Waals surface area contributed by atoms with Gasteiger partial charge in [-0.05, 0) is 48.4 Å². The van der Waals surface area contributed by atoms with Crippen LogP contribution in [0.2, 0.25) is 0 Å². The van der Waals surface area contributed by atoms with Crippen LogP contribution in [0.1, 0.15) is 35.7 Å². The summed E-state index contributed by atoms with van der Waals surface area (Å²) in [5.74, 6) is -0.559. The van der Waals surface area contributed by atoms with Gasteiger partial charge in [-0.15, -0.1) is 0 Å². The van der Waals surface area contributed by atoms with Crippen LogP contribution in [-0.4, -0.2) is 17.7 Å². The predicted molar refractivity (Wildman–Crippen MR) is 106 cm³/mol. The fourth-order valence-electron chi connectivity index (χ4n) is 2.36. The third kappa shape index (κ3) is 6.43. The average molecular weight is 365 g/mol. The molecule has 2 aromatic carbocycles. The summed E-state index contributed by atoms with van der Waals surface area (Å²) in [5.41, 5.74) is 2.60. The van der Waals surface area contributed by atoms with Gasteiger partial charge in [-0.3, -0.25) is 14.4 Å². The highest BCUT2D eigenvalue weighted by molar-refractivity contribution is 6.04. The van der Waals surface area contributed by atoms with E-state index in [0.717, 1.165) is 12.0 Å². The van der Waals surface area contributed by atoms with E-state index in [-0.39, 0.29) is 17.7 Å². The smallest absolute Gasteiger partial charge is 0.255 e. The third-order valence-corrected chi connectivity index (χ3v) is 3.75. The molecular weight excluding hydrogens is 342 g/mol. The first-order valence-electron chi connectivity index (χ1n) is 8.72. The van der Waals surface area contributed by atoms with Crippen LogP contribution in [-0.2, 0) is 16.1 Å². The summed E-state index contributed by atoms with van der Waals surface area (Å²) >= 11 is 0. The minimum absolute atomic E-state index is 0.0555. The molecular formula is C21H23N3O3. The van der Waals surface area contributed by atoms with Crippen LogP contribution in [0.25, 0.3) is 0 Å². The topological polar surface area (TPSA) is 87.3 Å². The predicted octanol–water partition coefficient (Wildman–Crippen LogP) is 3.48. The first kappa shape index (κ1) is 19.9. The van der Waals surface area contributed by atoms with Crippen molar-refractivity contribution in [2.75, 3.05) is 10.6 Å². The summed E-state index contributed by atoms with van der Waals surface area (Å²) in [6.45, 7) is 5.70. The molecule has 2 rings (SSSR count).